The molecule has 0 N–H and O–H groups in total. The standard InChI is InChI=1S/C41H30N4/c1-29-23-32(30-11-10-12-31(24-30)33-26-42-28-43-27-33)19-21-39(29)45-40-18-9-8-17-37(40)38-25-36(20-22-41(38)45)44(34-13-4-2-5-14-34)35-15-6-3-7-16-35/h2-28H,1H3. The summed E-state index contributed by atoms with van der Waals surface area (Å²) in [5.41, 5.74) is 12.6. The third-order valence-electron chi connectivity index (χ3n) is 8.47. The molecule has 0 unspecified atom stereocenters. The fourth-order valence-corrected chi connectivity index (χ4v) is 6.37. The van der Waals surface area contributed by atoms with E-state index in [2.05, 4.69) is 172 Å². The molecule has 0 aliphatic rings. The van der Waals surface area contributed by atoms with Crippen LogP contribution in [0.15, 0.2) is 164 Å². The predicted octanol–water partition coefficient (Wildman–Crippen LogP) is 10.7. The van der Waals surface area contributed by atoms with Gasteiger partial charge in [-0.25, -0.2) is 9.97 Å². The van der Waals surface area contributed by atoms with E-state index in [4.69, 9.17) is 0 Å². The van der Waals surface area contributed by atoms with Crippen LogP contribution in [-0.4, -0.2) is 14.5 Å². The molecular formula is C41H30N4. The fourth-order valence-electron chi connectivity index (χ4n) is 6.37. The van der Waals surface area contributed by atoms with Gasteiger partial charge in [-0.1, -0.05) is 78.9 Å². The molecule has 0 aliphatic heterocycles. The summed E-state index contributed by atoms with van der Waals surface area (Å²) in [4.78, 5) is 10.7. The molecule has 0 fully saturated rings. The number of benzene rings is 6. The van der Waals surface area contributed by atoms with Crippen LogP contribution in [-0.2, 0) is 0 Å². The van der Waals surface area contributed by atoms with Gasteiger partial charge >= 0.3 is 0 Å². The number of para-hydroxylation sites is 3. The van der Waals surface area contributed by atoms with Gasteiger partial charge in [-0.2, -0.15) is 0 Å². The smallest absolute Gasteiger partial charge is 0.115 e. The number of fused-ring (bicyclic) bond motifs is 3. The van der Waals surface area contributed by atoms with Gasteiger partial charge in [0.05, 0.1) is 11.0 Å². The number of rotatable bonds is 6. The third-order valence-corrected chi connectivity index (χ3v) is 8.47. The lowest BCUT2D eigenvalue weighted by Gasteiger charge is -2.25. The molecule has 0 radical (unpaired) electrons. The lowest BCUT2D eigenvalue weighted by Crippen LogP contribution is -2.09. The van der Waals surface area contributed by atoms with E-state index in [0.717, 1.165) is 28.2 Å². The maximum Gasteiger partial charge on any atom is 0.115 e. The SMILES string of the molecule is Cc1cc(-c2cccc(-c3cncnc3)c2)ccc1-n1c2ccccc2c2cc(N(c3ccccc3)c3ccccc3)ccc21. The van der Waals surface area contributed by atoms with Gasteiger partial charge in [0, 0.05) is 51.5 Å². The number of hydrogen-bond acceptors (Lipinski definition) is 3. The van der Waals surface area contributed by atoms with Crippen LogP contribution in [0.5, 0.6) is 0 Å². The highest BCUT2D eigenvalue weighted by Crippen LogP contribution is 2.40. The Kier molecular flexibility index (Phi) is 6.65. The Balaban J connectivity index is 1.25. The van der Waals surface area contributed by atoms with Crippen molar-refractivity contribution in [3.8, 4) is 27.9 Å². The molecule has 0 amide bonds. The molecule has 0 bridgehead atoms. The molecule has 0 spiro atoms. The van der Waals surface area contributed by atoms with Crippen molar-refractivity contribution in [2.45, 2.75) is 6.92 Å². The minimum Gasteiger partial charge on any atom is -0.310 e. The molecule has 4 nitrogen and oxygen atoms in total. The van der Waals surface area contributed by atoms with E-state index in [1.165, 1.54) is 44.2 Å². The first-order valence-corrected chi connectivity index (χ1v) is 15.1. The molecule has 8 aromatic rings. The van der Waals surface area contributed by atoms with Crippen LogP contribution < -0.4 is 4.90 Å². The number of hydrogen-bond donors (Lipinski definition) is 0. The predicted molar refractivity (Wildman–Crippen MR) is 187 cm³/mol. The molecule has 0 saturated heterocycles. The number of aryl methyl sites for hydroxylation is 1. The summed E-state index contributed by atoms with van der Waals surface area (Å²) in [7, 11) is 0. The Morgan fingerprint density at radius 1 is 0.467 bits per heavy atom. The highest BCUT2D eigenvalue weighted by atomic mass is 15.1. The van der Waals surface area contributed by atoms with Crippen LogP contribution in [0.2, 0.25) is 0 Å². The molecule has 2 heterocycles. The quantitative estimate of drug-likeness (QED) is 0.197. The summed E-state index contributed by atoms with van der Waals surface area (Å²) < 4.78 is 2.40. The Labute approximate surface area is 262 Å². The van der Waals surface area contributed by atoms with Gasteiger partial charge in [0.2, 0.25) is 0 Å². The minimum atomic E-state index is 1.01. The van der Waals surface area contributed by atoms with Crippen molar-refractivity contribution in [2.75, 3.05) is 4.90 Å². The van der Waals surface area contributed by atoms with Crippen molar-refractivity contribution in [2.24, 2.45) is 0 Å². The Bertz CT molecular complexity index is 2230. The molecule has 0 atom stereocenters. The van der Waals surface area contributed by atoms with Gasteiger partial charge in [0.15, 0.2) is 0 Å². The summed E-state index contributed by atoms with van der Waals surface area (Å²) >= 11 is 0. The first-order chi connectivity index (χ1) is 22.2. The van der Waals surface area contributed by atoms with Crippen LogP contribution in [0.4, 0.5) is 17.1 Å². The Morgan fingerprint density at radius 3 is 1.80 bits per heavy atom. The van der Waals surface area contributed by atoms with E-state index in [-0.39, 0.29) is 0 Å². The zero-order chi connectivity index (χ0) is 30.2. The second kappa shape index (κ2) is 11.3. The van der Waals surface area contributed by atoms with Crippen LogP contribution in [0.1, 0.15) is 5.56 Å². The van der Waals surface area contributed by atoms with Crippen molar-refractivity contribution >= 4 is 38.9 Å². The normalized spacial score (nSPS) is 11.2. The first-order valence-electron chi connectivity index (χ1n) is 15.1. The van der Waals surface area contributed by atoms with Gasteiger partial charge in [-0.15, -0.1) is 0 Å². The zero-order valence-electron chi connectivity index (χ0n) is 24.9. The lowest BCUT2D eigenvalue weighted by molar-refractivity contribution is 1.15. The van der Waals surface area contributed by atoms with Gasteiger partial charge in [-0.05, 0) is 95.9 Å². The molecule has 8 rings (SSSR count). The second-order valence-electron chi connectivity index (χ2n) is 11.3. The average molecular weight is 579 g/mol. The maximum absolute atomic E-state index is 4.20. The molecule has 4 heteroatoms. The molecule has 0 saturated carbocycles. The molecule has 0 aliphatic carbocycles. The number of nitrogens with zero attached hydrogens (tertiary/aromatic N) is 4. The van der Waals surface area contributed by atoms with Crippen molar-refractivity contribution in [3.63, 3.8) is 0 Å². The summed E-state index contributed by atoms with van der Waals surface area (Å²) in [6, 6.07) is 52.0. The summed E-state index contributed by atoms with van der Waals surface area (Å²) in [5.74, 6) is 0. The number of anilines is 3. The molecular weight excluding hydrogens is 548 g/mol. The molecule has 2 aromatic heterocycles. The van der Waals surface area contributed by atoms with Crippen molar-refractivity contribution in [1.82, 2.24) is 14.5 Å². The van der Waals surface area contributed by atoms with E-state index >= 15 is 0 Å². The topological polar surface area (TPSA) is 34.0 Å². The Morgan fingerprint density at radius 2 is 1.09 bits per heavy atom. The molecule has 214 valence electrons. The van der Waals surface area contributed by atoms with Crippen LogP contribution in [0.25, 0.3) is 49.7 Å². The van der Waals surface area contributed by atoms with E-state index < -0.39 is 0 Å². The van der Waals surface area contributed by atoms with E-state index in [1.54, 1.807) is 6.33 Å². The summed E-state index contributed by atoms with van der Waals surface area (Å²) in [6.07, 6.45) is 5.27. The third kappa shape index (κ3) is 4.83. The van der Waals surface area contributed by atoms with Gasteiger partial charge in [0.25, 0.3) is 0 Å². The fraction of sp³-hybridized carbons (Fsp3) is 0.0244. The average Bonchev–Trinajstić information content (AvgIpc) is 3.43. The van der Waals surface area contributed by atoms with Crippen molar-refractivity contribution < 1.29 is 0 Å². The number of aromatic nitrogens is 3. The van der Waals surface area contributed by atoms with E-state index in [9.17, 15) is 0 Å². The van der Waals surface area contributed by atoms with Gasteiger partial charge < -0.3 is 9.47 Å². The Hall–Kier alpha value is -6.00. The second-order valence-corrected chi connectivity index (χ2v) is 11.3. The molecule has 6 aromatic carbocycles. The van der Waals surface area contributed by atoms with Crippen LogP contribution in [0.3, 0.4) is 0 Å². The van der Waals surface area contributed by atoms with E-state index in [1.807, 2.05) is 12.4 Å². The van der Waals surface area contributed by atoms with Gasteiger partial charge in [-0.3, -0.25) is 0 Å². The zero-order valence-corrected chi connectivity index (χ0v) is 24.9. The van der Waals surface area contributed by atoms with Crippen LogP contribution in [0, 0.1) is 6.92 Å². The van der Waals surface area contributed by atoms with E-state index in [0.29, 0.717) is 0 Å². The first kappa shape index (κ1) is 26.6. The largest absolute Gasteiger partial charge is 0.310 e. The van der Waals surface area contributed by atoms with Gasteiger partial charge in [0.1, 0.15) is 6.33 Å². The maximum atomic E-state index is 4.20. The molecule has 45 heavy (non-hydrogen) atoms. The van der Waals surface area contributed by atoms with Crippen molar-refractivity contribution in [3.05, 3.63) is 170 Å². The van der Waals surface area contributed by atoms with Crippen LogP contribution >= 0.6 is 0 Å². The highest BCUT2D eigenvalue weighted by Gasteiger charge is 2.18. The highest BCUT2D eigenvalue weighted by molar-refractivity contribution is 6.10. The summed E-state index contributed by atoms with van der Waals surface area (Å²) in [5, 5.41) is 2.46. The minimum absolute atomic E-state index is 1.01. The summed E-state index contributed by atoms with van der Waals surface area (Å²) in [6.45, 7) is 2.20. The van der Waals surface area contributed by atoms with Crippen molar-refractivity contribution in [1.29, 1.82) is 0 Å². The monoisotopic (exact) mass is 578 g/mol. The lowest BCUT2D eigenvalue weighted by atomic mass is 9.98.